The minimum atomic E-state index is -0.179. The second-order valence-electron chi connectivity index (χ2n) is 5.54. The van der Waals surface area contributed by atoms with Gasteiger partial charge >= 0.3 is 0 Å². The van der Waals surface area contributed by atoms with Crippen LogP contribution >= 0.6 is 0 Å². The van der Waals surface area contributed by atoms with Crippen molar-refractivity contribution in [2.45, 2.75) is 12.8 Å². The Balaban J connectivity index is 1.61. The number of hydrogen-bond donors (Lipinski definition) is 2. The highest BCUT2D eigenvalue weighted by atomic mass is 16.5. The summed E-state index contributed by atoms with van der Waals surface area (Å²) in [6.07, 6.45) is 1.91. The number of carbonyl (C=O) groups is 2. The number of amides is 2. The fraction of sp³-hybridized carbons (Fsp3) is 0.500. The Labute approximate surface area is 129 Å². The van der Waals surface area contributed by atoms with E-state index in [0.29, 0.717) is 31.9 Å². The first-order chi connectivity index (χ1) is 10.8. The molecule has 6 heteroatoms. The first-order valence-electron chi connectivity index (χ1n) is 7.75. The molecule has 0 atom stereocenters. The Bertz CT molecular complexity index is 568. The Morgan fingerprint density at radius 1 is 1.27 bits per heavy atom. The summed E-state index contributed by atoms with van der Waals surface area (Å²) in [6.45, 7) is 3.30. The summed E-state index contributed by atoms with van der Waals surface area (Å²) in [7, 11) is 0. The van der Waals surface area contributed by atoms with Gasteiger partial charge in [-0.1, -0.05) is 6.07 Å². The second-order valence-corrected chi connectivity index (χ2v) is 5.54. The lowest BCUT2D eigenvalue weighted by molar-refractivity contribution is -0.134. The summed E-state index contributed by atoms with van der Waals surface area (Å²) >= 11 is 0. The number of nitrogens with zero attached hydrogens (tertiary/aromatic N) is 1. The normalized spacial score (nSPS) is 17.4. The molecule has 118 valence electrons. The highest BCUT2D eigenvalue weighted by Gasteiger charge is 2.20. The number of carbonyl (C=O) groups excluding carboxylic acids is 2. The van der Waals surface area contributed by atoms with Gasteiger partial charge in [-0.25, -0.2) is 0 Å². The van der Waals surface area contributed by atoms with E-state index >= 15 is 0 Å². The number of anilines is 1. The van der Waals surface area contributed by atoms with Crippen molar-refractivity contribution >= 4 is 17.5 Å². The Hall–Kier alpha value is -2.08. The van der Waals surface area contributed by atoms with E-state index in [1.54, 1.807) is 4.90 Å². The van der Waals surface area contributed by atoms with Gasteiger partial charge in [-0.2, -0.15) is 0 Å². The van der Waals surface area contributed by atoms with Crippen LogP contribution in [0.1, 0.15) is 22.3 Å². The number of hydrogen-bond acceptors (Lipinski definition) is 4. The third-order valence-corrected chi connectivity index (χ3v) is 4.10. The molecule has 0 aromatic heterocycles. The molecule has 1 fully saturated rings. The van der Waals surface area contributed by atoms with Crippen molar-refractivity contribution in [1.29, 1.82) is 0 Å². The molecule has 0 bridgehead atoms. The van der Waals surface area contributed by atoms with E-state index in [4.69, 9.17) is 4.74 Å². The summed E-state index contributed by atoms with van der Waals surface area (Å²) in [4.78, 5) is 26.2. The van der Waals surface area contributed by atoms with E-state index in [9.17, 15) is 9.59 Å². The first kappa shape index (κ1) is 14.8. The number of ether oxygens (including phenoxy) is 1. The largest absolute Gasteiger partial charge is 0.385 e. The van der Waals surface area contributed by atoms with E-state index in [1.807, 2.05) is 18.2 Å². The number of benzene rings is 1. The van der Waals surface area contributed by atoms with Crippen LogP contribution in [0.4, 0.5) is 5.69 Å². The zero-order chi connectivity index (χ0) is 15.4. The van der Waals surface area contributed by atoms with Gasteiger partial charge in [-0.15, -0.1) is 0 Å². The third-order valence-electron chi connectivity index (χ3n) is 4.10. The SMILES string of the molecule is O=C(NCC(=O)N1CCOCC1)c1cccc2c1CCCN2. The maximum Gasteiger partial charge on any atom is 0.252 e. The number of fused-ring (bicyclic) bond motifs is 1. The van der Waals surface area contributed by atoms with Gasteiger partial charge in [0.2, 0.25) is 5.91 Å². The maximum atomic E-state index is 12.4. The zero-order valence-corrected chi connectivity index (χ0v) is 12.6. The van der Waals surface area contributed by atoms with Crippen LogP contribution in [0.3, 0.4) is 0 Å². The van der Waals surface area contributed by atoms with Gasteiger partial charge in [0.1, 0.15) is 0 Å². The van der Waals surface area contributed by atoms with Crippen molar-refractivity contribution in [1.82, 2.24) is 10.2 Å². The molecule has 2 N–H and O–H groups in total. The lowest BCUT2D eigenvalue weighted by Gasteiger charge is -2.27. The van der Waals surface area contributed by atoms with Gasteiger partial charge in [-0.3, -0.25) is 9.59 Å². The van der Waals surface area contributed by atoms with E-state index in [0.717, 1.165) is 30.6 Å². The third kappa shape index (κ3) is 3.22. The Morgan fingerprint density at radius 2 is 2.09 bits per heavy atom. The molecule has 0 saturated carbocycles. The molecule has 6 nitrogen and oxygen atoms in total. The van der Waals surface area contributed by atoms with Crippen molar-refractivity contribution in [2.75, 3.05) is 44.7 Å². The van der Waals surface area contributed by atoms with Crippen LogP contribution in [-0.2, 0) is 16.0 Å². The zero-order valence-electron chi connectivity index (χ0n) is 12.6. The molecular formula is C16H21N3O3. The second kappa shape index (κ2) is 6.79. The Morgan fingerprint density at radius 3 is 2.91 bits per heavy atom. The average Bonchev–Trinajstić information content (AvgIpc) is 2.59. The van der Waals surface area contributed by atoms with Gasteiger partial charge in [0, 0.05) is 30.9 Å². The maximum absolute atomic E-state index is 12.4. The number of morpholine rings is 1. The molecular weight excluding hydrogens is 282 g/mol. The molecule has 0 spiro atoms. The van der Waals surface area contributed by atoms with Crippen molar-refractivity contribution in [2.24, 2.45) is 0 Å². The topological polar surface area (TPSA) is 70.7 Å². The summed E-state index contributed by atoms with van der Waals surface area (Å²) in [5.74, 6) is -0.235. The van der Waals surface area contributed by atoms with E-state index < -0.39 is 0 Å². The minimum Gasteiger partial charge on any atom is -0.385 e. The lowest BCUT2D eigenvalue weighted by atomic mass is 9.97. The first-order valence-corrected chi connectivity index (χ1v) is 7.75. The molecule has 2 aliphatic heterocycles. The van der Waals surface area contributed by atoms with Crippen LogP contribution in [0.5, 0.6) is 0 Å². The monoisotopic (exact) mass is 303 g/mol. The molecule has 2 aliphatic rings. The van der Waals surface area contributed by atoms with Crippen LogP contribution in [0.2, 0.25) is 0 Å². The quantitative estimate of drug-likeness (QED) is 0.859. The van der Waals surface area contributed by atoms with Crippen molar-refractivity contribution in [3.8, 4) is 0 Å². The molecule has 0 unspecified atom stereocenters. The number of rotatable bonds is 3. The fourth-order valence-electron chi connectivity index (χ4n) is 2.90. The standard InChI is InChI=1S/C16H21N3O3/c20-15(19-7-9-22-10-8-19)11-18-16(21)13-3-1-5-14-12(13)4-2-6-17-14/h1,3,5,17H,2,4,6-11H2,(H,18,21). The van der Waals surface area contributed by atoms with E-state index in [2.05, 4.69) is 10.6 Å². The van der Waals surface area contributed by atoms with Gasteiger partial charge in [-0.05, 0) is 30.5 Å². The van der Waals surface area contributed by atoms with Gasteiger partial charge in [0.05, 0.1) is 19.8 Å². The van der Waals surface area contributed by atoms with Crippen LogP contribution in [-0.4, -0.2) is 56.1 Å². The van der Waals surface area contributed by atoms with Gasteiger partial charge < -0.3 is 20.3 Å². The predicted molar refractivity (Wildman–Crippen MR) is 83.0 cm³/mol. The fourth-order valence-corrected chi connectivity index (χ4v) is 2.90. The molecule has 0 aliphatic carbocycles. The van der Waals surface area contributed by atoms with Crippen molar-refractivity contribution in [3.05, 3.63) is 29.3 Å². The van der Waals surface area contributed by atoms with Crippen molar-refractivity contribution in [3.63, 3.8) is 0 Å². The minimum absolute atomic E-state index is 0.0376. The lowest BCUT2D eigenvalue weighted by Crippen LogP contribution is -2.45. The molecule has 1 aromatic carbocycles. The molecule has 0 radical (unpaired) electrons. The number of nitrogens with one attached hydrogen (secondary N) is 2. The molecule has 3 rings (SSSR count). The molecule has 2 heterocycles. The summed E-state index contributed by atoms with van der Waals surface area (Å²) in [5, 5.41) is 6.05. The summed E-state index contributed by atoms with van der Waals surface area (Å²) in [6, 6.07) is 5.68. The van der Waals surface area contributed by atoms with E-state index in [-0.39, 0.29) is 18.4 Å². The van der Waals surface area contributed by atoms with Crippen LogP contribution in [0, 0.1) is 0 Å². The highest BCUT2D eigenvalue weighted by Crippen LogP contribution is 2.25. The summed E-state index contributed by atoms with van der Waals surface area (Å²) in [5.41, 5.74) is 2.74. The highest BCUT2D eigenvalue weighted by molar-refractivity contribution is 5.99. The predicted octanol–water partition coefficient (Wildman–Crippen LogP) is 0.633. The average molecular weight is 303 g/mol. The molecule has 1 aromatic rings. The molecule has 1 saturated heterocycles. The van der Waals surface area contributed by atoms with Crippen molar-refractivity contribution < 1.29 is 14.3 Å². The Kier molecular flexibility index (Phi) is 4.58. The smallest absolute Gasteiger partial charge is 0.252 e. The molecule has 22 heavy (non-hydrogen) atoms. The van der Waals surface area contributed by atoms with Gasteiger partial charge in [0.15, 0.2) is 0 Å². The van der Waals surface area contributed by atoms with Crippen LogP contribution in [0.15, 0.2) is 18.2 Å². The van der Waals surface area contributed by atoms with Crippen LogP contribution in [0.25, 0.3) is 0 Å². The summed E-state index contributed by atoms with van der Waals surface area (Å²) < 4.78 is 5.22. The van der Waals surface area contributed by atoms with E-state index in [1.165, 1.54) is 0 Å². The van der Waals surface area contributed by atoms with Gasteiger partial charge in [0.25, 0.3) is 5.91 Å². The van der Waals surface area contributed by atoms with Crippen LogP contribution < -0.4 is 10.6 Å². The molecule has 2 amide bonds.